The Balaban J connectivity index is 2.43. The van der Waals surface area contributed by atoms with Crippen molar-refractivity contribution < 1.29 is 24.1 Å². The van der Waals surface area contributed by atoms with E-state index in [9.17, 15) is 4.79 Å². The zero-order chi connectivity index (χ0) is 12.9. The summed E-state index contributed by atoms with van der Waals surface area (Å²) < 4.78 is 15.9. The Morgan fingerprint density at radius 2 is 2.06 bits per heavy atom. The lowest BCUT2D eigenvalue weighted by atomic mass is 10.1. The number of hydrogen-bond acceptors (Lipinski definition) is 5. The van der Waals surface area contributed by atoms with Crippen molar-refractivity contribution in [2.24, 2.45) is 0 Å². The third-order valence-corrected chi connectivity index (χ3v) is 2.37. The van der Waals surface area contributed by atoms with Crippen molar-refractivity contribution in [2.75, 3.05) is 13.2 Å². The Bertz CT molecular complexity index is 285. The van der Waals surface area contributed by atoms with E-state index in [1.807, 2.05) is 0 Å². The lowest BCUT2D eigenvalue weighted by molar-refractivity contribution is -0.148. The van der Waals surface area contributed by atoms with E-state index in [0.717, 1.165) is 0 Å². The fourth-order valence-electron chi connectivity index (χ4n) is 1.75. The largest absolute Gasteiger partial charge is 0.463 e. The Labute approximate surface area is 101 Å². The zero-order valence-corrected chi connectivity index (χ0v) is 10.5. The number of hydrogen-bond donors (Lipinski definition) is 1. The summed E-state index contributed by atoms with van der Waals surface area (Å²) in [6.45, 7) is 5.61. The monoisotopic (exact) mass is 244 g/mol. The molecule has 0 aromatic rings. The van der Waals surface area contributed by atoms with Gasteiger partial charge < -0.3 is 19.3 Å². The molecule has 1 fully saturated rings. The predicted octanol–water partition coefficient (Wildman–Crippen LogP) is 1.01. The molecular weight excluding hydrogens is 224 g/mol. The van der Waals surface area contributed by atoms with Crippen LogP contribution >= 0.6 is 0 Å². The molecule has 0 saturated carbocycles. The van der Waals surface area contributed by atoms with Gasteiger partial charge in [0.25, 0.3) is 0 Å². The van der Waals surface area contributed by atoms with Crippen molar-refractivity contribution in [3.8, 4) is 0 Å². The highest BCUT2D eigenvalue weighted by atomic mass is 16.8. The Morgan fingerprint density at radius 1 is 1.41 bits per heavy atom. The Morgan fingerprint density at radius 3 is 2.65 bits per heavy atom. The molecule has 0 amide bonds. The van der Waals surface area contributed by atoms with E-state index >= 15 is 0 Å². The molecule has 17 heavy (non-hydrogen) atoms. The number of carbonyl (C=O) groups excluding carboxylic acids is 1. The molecule has 1 heterocycles. The molecule has 0 spiro atoms. The van der Waals surface area contributed by atoms with Crippen LogP contribution in [0.3, 0.4) is 0 Å². The van der Waals surface area contributed by atoms with E-state index < -0.39 is 5.79 Å². The van der Waals surface area contributed by atoms with Crippen LogP contribution in [0.1, 0.15) is 27.2 Å². The fourth-order valence-corrected chi connectivity index (χ4v) is 1.75. The van der Waals surface area contributed by atoms with Gasteiger partial charge in [-0.05, 0) is 27.2 Å². The molecule has 1 saturated heterocycles. The highest BCUT2D eigenvalue weighted by molar-refractivity contribution is 5.81. The molecule has 5 nitrogen and oxygen atoms in total. The normalized spacial score (nSPS) is 27.5. The third-order valence-electron chi connectivity index (χ3n) is 2.37. The van der Waals surface area contributed by atoms with E-state index in [-0.39, 0.29) is 24.8 Å². The molecule has 0 radical (unpaired) electrons. The molecule has 0 bridgehead atoms. The van der Waals surface area contributed by atoms with Gasteiger partial charge in [0.2, 0.25) is 0 Å². The number of ether oxygens (including phenoxy) is 3. The lowest BCUT2D eigenvalue weighted by Gasteiger charge is -2.16. The SMILES string of the molecule is CCOC(=O)/C=C/CC1OC(C)(C)OC1CO. The van der Waals surface area contributed by atoms with Gasteiger partial charge in [-0.2, -0.15) is 0 Å². The lowest BCUT2D eigenvalue weighted by Crippen LogP contribution is -2.25. The van der Waals surface area contributed by atoms with Gasteiger partial charge in [0.1, 0.15) is 6.10 Å². The summed E-state index contributed by atoms with van der Waals surface area (Å²) in [5, 5.41) is 9.14. The smallest absolute Gasteiger partial charge is 0.330 e. The van der Waals surface area contributed by atoms with Crippen molar-refractivity contribution in [1.82, 2.24) is 0 Å². The van der Waals surface area contributed by atoms with E-state index in [1.165, 1.54) is 6.08 Å². The van der Waals surface area contributed by atoms with Crippen molar-refractivity contribution in [3.05, 3.63) is 12.2 Å². The van der Waals surface area contributed by atoms with E-state index in [0.29, 0.717) is 13.0 Å². The van der Waals surface area contributed by atoms with Crippen LogP contribution in [0.5, 0.6) is 0 Å². The maximum Gasteiger partial charge on any atom is 0.330 e. The van der Waals surface area contributed by atoms with Crippen LogP contribution in [0.25, 0.3) is 0 Å². The topological polar surface area (TPSA) is 65.0 Å². The first-order chi connectivity index (χ1) is 7.98. The van der Waals surface area contributed by atoms with E-state index in [1.54, 1.807) is 26.8 Å². The van der Waals surface area contributed by atoms with Crippen LogP contribution in [0, 0.1) is 0 Å². The predicted molar refractivity (Wildman–Crippen MR) is 61.3 cm³/mol. The van der Waals surface area contributed by atoms with Crippen LogP contribution < -0.4 is 0 Å². The Hall–Kier alpha value is -0.910. The molecular formula is C12H20O5. The quantitative estimate of drug-likeness (QED) is 0.577. The first-order valence-electron chi connectivity index (χ1n) is 5.78. The molecule has 98 valence electrons. The molecule has 1 aliphatic heterocycles. The second kappa shape index (κ2) is 6.14. The van der Waals surface area contributed by atoms with Gasteiger partial charge >= 0.3 is 5.97 Å². The molecule has 0 aromatic carbocycles. The molecule has 1 rings (SSSR count). The average Bonchev–Trinajstić information content (AvgIpc) is 2.54. The first kappa shape index (κ1) is 14.2. The van der Waals surface area contributed by atoms with Gasteiger partial charge in [-0.1, -0.05) is 6.08 Å². The first-order valence-corrected chi connectivity index (χ1v) is 5.78. The minimum Gasteiger partial charge on any atom is -0.463 e. The van der Waals surface area contributed by atoms with E-state index in [2.05, 4.69) is 0 Å². The molecule has 0 aromatic heterocycles. The number of aliphatic hydroxyl groups is 1. The molecule has 1 aliphatic rings. The summed E-state index contributed by atoms with van der Waals surface area (Å²) in [6.07, 6.45) is 2.97. The minimum atomic E-state index is -0.685. The second-order valence-electron chi connectivity index (χ2n) is 4.29. The van der Waals surface area contributed by atoms with Gasteiger partial charge in [0, 0.05) is 6.08 Å². The zero-order valence-electron chi connectivity index (χ0n) is 10.5. The van der Waals surface area contributed by atoms with Gasteiger partial charge in [0.05, 0.1) is 19.3 Å². The van der Waals surface area contributed by atoms with Crippen LogP contribution in [0.15, 0.2) is 12.2 Å². The highest BCUT2D eigenvalue weighted by Gasteiger charge is 2.39. The van der Waals surface area contributed by atoms with E-state index in [4.69, 9.17) is 19.3 Å². The maximum atomic E-state index is 11.1. The van der Waals surface area contributed by atoms with Gasteiger partial charge in [-0.3, -0.25) is 0 Å². The standard InChI is InChI=1S/C12H20O5/c1-4-15-11(14)7-5-6-9-10(8-13)17-12(2,3)16-9/h5,7,9-10,13H,4,6,8H2,1-3H3/b7-5+. The summed E-state index contributed by atoms with van der Waals surface area (Å²) in [5.74, 6) is -1.05. The van der Waals surface area contributed by atoms with Gasteiger partial charge in [0.15, 0.2) is 5.79 Å². The van der Waals surface area contributed by atoms with Gasteiger partial charge in [-0.15, -0.1) is 0 Å². The molecule has 2 atom stereocenters. The molecule has 1 N–H and O–H groups in total. The second-order valence-corrected chi connectivity index (χ2v) is 4.29. The maximum absolute atomic E-state index is 11.1. The third kappa shape index (κ3) is 4.46. The molecule has 5 heteroatoms. The fraction of sp³-hybridized carbons (Fsp3) is 0.750. The summed E-state index contributed by atoms with van der Waals surface area (Å²) in [7, 11) is 0. The summed E-state index contributed by atoms with van der Waals surface area (Å²) in [5.41, 5.74) is 0. The van der Waals surface area contributed by atoms with Crippen molar-refractivity contribution in [1.29, 1.82) is 0 Å². The van der Waals surface area contributed by atoms with Crippen LogP contribution in [-0.4, -0.2) is 42.3 Å². The Kier molecular flexibility index (Phi) is 5.11. The van der Waals surface area contributed by atoms with Crippen molar-refractivity contribution >= 4 is 5.97 Å². The summed E-state index contributed by atoms with van der Waals surface area (Å²) in [6, 6.07) is 0. The molecule has 0 aliphatic carbocycles. The van der Waals surface area contributed by atoms with Crippen molar-refractivity contribution in [2.45, 2.75) is 45.2 Å². The van der Waals surface area contributed by atoms with Crippen LogP contribution in [0.4, 0.5) is 0 Å². The summed E-state index contributed by atoms with van der Waals surface area (Å²) >= 11 is 0. The van der Waals surface area contributed by atoms with Crippen LogP contribution in [-0.2, 0) is 19.0 Å². The number of carbonyl (C=O) groups is 1. The number of rotatable bonds is 5. The number of esters is 1. The molecule has 2 unspecified atom stereocenters. The summed E-state index contributed by atoms with van der Waals surface area (Å²) in [4.78, 5) is 11.1. The van der Waals surface area contributed by atoms with Crippen molar-refractivity contribution in [3.63, 3.8) is 0 Å². The van der Waals surface area contributed by atoms with Gasteiger partial charge in [-0.25, -0.2) is 4.79 Å². The van der Waals surface area contributed by atoms with Crippen LogP contribution in [0.2, 0.25) is 0 Å². The highest BCUT2D eigenvalue weighted by Crippen LogP contribution is 2.29. The number of aliphatic hydroxyl groups excluding tert-OH is 1. The minimum absolute atomic E-state index is 0.0959. The average molecular weight is 244 g/mol.